The van der Waals surface area contributed by atoms with Crippen molar-refractivity contribution in [3.8, 4) is 0 Å². The minimum absolute atomic E-state index is 0.0826. The first-order chi connectivity index (χ1) is 9.30. The molecule has 2 N–H and O–H groups in total. The zero-order chi connectivity index (χ0) is 14.9. The molecule has 1 aliphatic heterocycles. The van der Waals surface area contributed by atoms with Gasteiger partial charge < -0.3 is 15.1 Å². The van der Waals surface area contributed by atoms with Gasteiger partial charge in [0.1, 0.15) is 0 Å². The van der Waals surface area contributed by atoms with Gasteiger partial charge in [-0.2, -0.15) is 0 Å². The van der Waals surface area contributed by atoms with Gasteiger partial charge in [-0.1, -0.05) is 0 Å². The molecule has 7 heteroatoms. The molecular weight excluding hydrogens is 264 g/mol. The maximum absolute atomic E-state index is 11.3. The highest BCUT2D eigenvalue weighted by Crippen LogP contribution is 2.30. The van der Waals surface area contributed by atoms with Crippen LogP contribution in [0.15, 0.2) is 18.2 Å². The summed E-state index contributed by atoms with van der Waals surface area (Å²) < 4.78 is 0. The Morgan fingerprint density at radius 2 is 2.00 bits per heavy atom. The van der Waals surface area contributed by atoms with Crippen LogP contribution >= 0.6 is 0 Å². The van der Waals surface area contributed by atoms with E-state index in [-0.39, 0.29) is 11.3 Å². The normalized spacial score (nSPS) is 17.8. The molecule has 7 nitrogen and oxygen atoms in total. The molecular formula is C13H16N2O5. The number of anilines is 1. The van der Waals surface area contributed by atoms with Crippen LogP contribution in [-0.4, -0.2) is 39.8 Å². The molecule has 0 radical (unpaired) electrons. The van der Waals surface area contributed by atoms with Gasteiger partial charge in [0.15, 0.2) is 0 Å². The van der Waals surface area contributed by atoms with Crippen molar-refractivity contribution in [3.63, 3.8) is 0 Å². The predicted octanol–water partition coefficient (Wildman–Crippen LogP) is 1.64. The van der Waals surface area contributed by atoms with Crippen LogP contribution in [0.4, 0.5) is 11.4 Å². The Bertz CT molecular complexity index is 546. The number of carbonyl (C=O) groups is 1. The molecule has 1 aromatic carbocycles. The van der Waals surface area contributed by atoms with Crippen LogP contribution < -0.4 is 4.90 Å². The molecule has 0 aliphatic carbocycles. The van der Waals surface area contributed by atoms with Gasteiger partial charge in [0.2, 0.25) is 0 Å². The van der Waals surface area contributed by atoms with E-state index in [1.165, 1.54) is 12.1 Å². The number of carboxylic acid groups (broad SMARTS) is 1. The third kappa shape index (κ3) is 2.88. The van der Waals surface area contributed by atoms with E-state index in [1.54, 1.807) is 6.92 Å². The van der Waals surface area contributed by atoms with Gasteiger partial charge in [0.25, 0.3) is 5.69 Å². The Kier molecular flexibility index (Phi) is 3.63. The Hall–Kier alpha value is -2.15. The summed E-state index contributed by atoms with van der Waals surface area (Å²) in [6, 6.07) is 3.83. The minimum Gasteiger partial charge on any atom is -0.478 e. The fourth-order valence-corrected chi connectivity index (χ4v) is 2.31. The van der Waals surface area contributed by atoms with Crippen LogP contribution in [0.3, 0.4) is 0 Å². The lowest BCUT2D eigenvalue weighted by atomic mass is 9.93. The summed E-state index contributed by atoms with van der Waals surface area (Å²) in [6.07, 6.45) is 1.06. The molecule has 0 bridgehead atoms. The molecule has 20 heavy (non-hydrogen) atoms. The number of aliphatic hydroxyl groups is 1. The van der Waals surface area contributed by atoms with E-state index >= 15 is 0 Å². The van der Waals surface area contributed by atoms with Crippen molar-refractivity contribution in [2.24, 2.45) is 0 Å². The lowest BCUT2D eigenvalue weighted by molar-refractivity contribution is -0.384. The first-order valence-corrected chi connectivity index (χ1v) is 6.29. The van der Waals surface area contributed by atoms with Crippen LogP contribution in [0.1, 0.15) is 30.1 Å². The highest BCUT2D eigenvalue weighted by molar-refractivity contribution is 5.95. The first-order valence-electron chi connectivity index (χ1n) is 6.29. The summed E-state index contributed by atoms with van der Waals surface area (Å²) in [5.74, 6) is -1.19. The summed E-state index contributed by atoms with van der Waals surface area (Å²) in [5, 5.41) is 29.8. The quantitative estimate of drug-likeness (QED) is 0.644. The van der Waals surface area contributed by atoms with Crippen molar-refractivity contribution in [1.82, 2.24) is 0 Å². The van der Waals surface area contributed by atoms with Crippen molar-refractivity contribution < 1.29 is 19.9 Å². The van der Waals surface area contributed by atoms with E-state index < -0.39 is 16.5 Å². The monoisotopic (exact) mass is 280 g/mol. The number of benzene rings is 1. The van der Waals surface area contributed by atoms with Crippen LogP contribution in [0, 0.1) is 10.1 Å². The largest absolute Gasteiger partial charge is 0.478 e. The number of non-ortho nitro benzene ring substituents is 1. The summed E-state index contributed by atoms with van der Waals surface area (Å²) in [4.78, 5) is 23.2. The van der Waals surface area contributed by atoms with Gasteiger partial charge in [-0.05, 0) is 25.8 Å². The van der Waals surface area contributed by atoms with Crippen molar-refractivity contribution in [2.75, 3.05) is 18.0 Å². The highest BCUT2D eigenvalue weighted by Gasteiger charge is 2.29. The van der Waals surface area contributed by atoms with Gasteiger partial charge in [0, 0.05) is 25.2 Å². The van der Waals surface area contributed by atoms with Gasteiger partial charge >= 0.3 is 5.97 Å². The maximum Gasteiger partial charge on any atom is 0.338 e. The second-order valence-corrected chi connectivity index (χ2v) is 5.25. The van der Waals surface area contributed by atoms with E-state index in [4.69, 9.17) is 0 Å². The maximum atomic E-state index is 11.3. The lowest BCUT2D eigenvalue weighted by Crippen LogP contribution is -2.42. The van der Waals surface area contributed by atoms with Crippen LogP contribution in [0.5, 0.6) is 0 Å². The lowest BCUT2D eigenvalue weighted by Gasteiger charge is -2.37. The zero-order valence-corrected chi connectivity index (χ0v) is 11.1. The second-order valence-electron chi connectivity index (χ2n) is 5.25. The van der Waals surface area contributed by atoms with Crippen LogP contribution in [0.25, 0.3) is 0 Å². The average Bonchev–Trinajstić information content (AvgIpc) is 2.38. The molecule has 0 unspecified atom stereocenters. The summed E-state index contributed by atoms with van der Waals surface area (Å²) in [7, 11) is 0. The topological polar surface area (TPSA) is 104 Å². The number of nitro benzene ring substituents is 1. The van der Waals surface area contributed by atoms with Crippen molar-refractivity contribution in [3.05, 3.63) is 33.9 Å². The van der Waals surface area contributed by atoms with Gasteiger partial charge in [0.05, 0.1) is 21.8 Å². The molecule has 108 valence electrons. The number of hydrogen-bond donors (Lipinski definition) is 2. The third-order valence-corrected chi connectivity index (χ3v) is 3.60. The van der Waals surface area contributed by atoms with Crippen molar-refractivity contribution in [1.29, 1.82) is 0 Å². The zero-order valence-electron chi connectivity index (χ0n) is 11.1. The number of piperidine rings is 1. The van der Waals surface area contributed by atoms with E-state index in [1.807, 2.05) is 4.90 Å². The molecule has 2 rings (SSSR count). The molecule has 0 amide bonds. The Labute approximate surface area is 115 Å². The fourth-order valence-electron chi connectivity index (χ4n) is 2.31. The SMILES string of the molecule is CC1(O)CCN(c2ccc([N+](=O)[O-])cc2C(=O)O)CC1. The van der Waals surface area contributed by atoms with E-state index in [2.05, 4.69) is 0 Å². The van der Waals surface area contributed by atoms with Gasteiger partial charge in [-0.25, -0.2) is 4.79 Å². The number of aromatic carboxylic acids is 1. The van der Waals surface area contributed by atoms with Gasteiger partial charge in [-0.15, -0.1) is 0 Å². The number of carboxylic acids is 1. The first kappa shape index (κ1) is 14.3. The smallest absolute Gasteiger partial charge is 0.338 e. The van der Waals surface area contributed by atoms with Gasteiger partial charge in [-0.3, -0.25) is 10.1 Å². The Morgan fingerprint density at radius 1 is 1.40 bits per heavy atom. The summed E-state index contributed by atoms with van der Waals surface area (Å²) in [5.41, 5.74) is -0.602. The molecule has 1 aliphatic rings. The minimum atomic E-state index is -1.19. The number of hydrogen-bond acceptors (Lipinski definition) is 5. The van der Waals surface area contributed by atoms with E-state index in [0.29, 0.717) is 31.6 Å². The number of nitro groups is 1. The van der Waals surface area contributed by atoms with E-state index in [0.717, 1.165) is 6.07 Å². The molecule has 0 aromatic heterocycles. The van der Waals surface area contributed by atoms with Crippen molar-refractivity contribution in [2.45, 2.75) is 25.4 Å². The molecule has 0 saturated carbocycles. The molecule has 1 saturated heterocycles. The third-order valence-electron chi connectivity index (χ3n) is 3.60. The molecule has 0 atom stereocenters. The fraction of sp³-hybridized carbons (Fsp3) is 0.462. The average molecular weight is 280 g/mol. The molecule has 1 heterocycles. The summed E-state index contributed by atoms with van der Waals surface area (Å²) >= 11 is 0. The number of rotatable bonds is 3. The van der Waals surface area contributed by atoms with Crippen LogP contribution in [-0.2, 0) is 0 Å². The molecule has 0 spiro atoms. The van der Waals surface area contributed by atoms with E-state index in [9.17, 15) is 25.1 Å². The van der Waals surface area contributed by atoms with Crippen molar-refractivity contribution >= 4 is 17.3 Å². The highest BCUT2D eigenvalue weighted by atomic mass is 16.6. The Morgan fingerprint density at radius 3 is 2.50 bits per heavy atom. The predicted molar refractivity (Wildman–Crippen MR) is 72.1 cm³/mol. The summed E-state index contributed by atoms with van der Waals surface area (Å²) in [6.45, 7) is 2.79. The molecule has 1 aromatic rings. The van der Waals surface area contributed by atoms with Crippen LogP contribution in [0.2, 0.25) is 0 Å². The standard InChI is InChI=1S/C13H16N2O5/c1-13(18)4-6-14(7-5-13)11-3-2-9(15(19)20)8-10(11)12(16)17/h2-3,8,18H,4-7H2,1H3,(H,16,17). The molecule has 1 fully saturated rings. The second kappa shape index (κ2) is 5.09. The Balaban J connectivity index is 2.32. The number of nitrogens with zero attached hydrogens (tertiary/aromatic N) is 2.